The normalized spacial score (nSPS) is 17.4. The Morgan fingerprint density at radius 2 is 1.76 bits per heavy atom. The number of nitrogens with zero attached hydrogens (tertiary/aromatic N) is 4. The van der Waals surface area contributed by atoms with E-state index in [1.807, 2.05) is 47.4 Å². The summed E-state index contributed by atoms with van der Waals surface area (Å²) < 4.78 is 33.9. The van der Waals surface area contributed by atoms with Gasteiger partial charge >= 0.3 is 0 Å². The van der Waals surface area contributed by atoms with Crippen molar-refractivity contribution in [1.29, 1.82) is 0 Å². The molecule has 38 heavy (non-hydrogen) atoms. The highest BCUT2D eigenvalue weighted by Crippen LogP contribution is 2.45. The Bertz CT molecular complexity index is 1590. The van der Waals surface area contributed by atoms with Crippen LogP contribution in [0.5, 0.6) is 5.75 Å². The van der Waals surface area contributed by atoms with Gasteiger partial charge in [0.25, 0.3) is 0 Å². The van der Waals surface area contributed by atoms with Crippen LogP contribution in [0.2, 0.25) is 0 Å². The van der Waals surface area contributed by atoms with Crippen molar-refractivity contribution in [3.8, 4) is 11.6 Å². The van der Waals surface area contributed by atoms with Gasteiger partial charge in [0.1, 0.15) is 11.6 Å². The van der Waals surface area contributed by atoms with Crippen LogP contribution in [-0.2, 0) is 10.0 Å². The number of benzene rings is 1. The molecule has 0 saturated carbocycles. The molecule has 1 aromatic carbocycles. The zero-order chi connectivity index (χ0) is 27.0. The molecule has 11 heteroatoms. The molecular weight excluding hydrogens is 520 g/mol. The van der Waals surface area contributed by atoms with Crippen molar-refractivity contribution in [2.45, 2.75) is 25.9 Å². The first-order valence-corrected chi connectivity index (χ1v) is 14.2. The van der Waals surface area contributed by atoms with Crippen molar-refractivity contribution in [3.05, 3.63) is 95.7 Å². The second-order valence-corrected chi connectivity index (χ2v) is 11.2. The van der Waals surface area contributed by atoms with E-state index in [-0.39, 0.29) is 12.1 Å². The van der Waals surface area contributed by atoms with Crippen LogP contribution in [0.15, 0.2) is 73.1 Å². The lowest BCUT2D eigenvalue weighted by Crippen LogP contribution is -2.29. The second-order valence-electron chi connectivity index (χ2n) is 9.11. The summed E-state index contributed by atoms with van der Waals surface area (Å²) in [5.41, 5.74) is 5.10. The van der Waals surface area contributed by atoms with Gasteiger partial charge in [0.2, 0.25) is 10.0 Å². The van der Waals surface area contributed by atoms with Gasteiger partial charge in [0.15, 0.2) is 5.11 Å². The fraction of sp³-hybridized carbons (Fsp3) is 0.222. The number of pyridine rings is 2. The molecule has 9 nitrogen and oxygen atoms in total. The summed E-state index contributed by atoms with van der Waals surface area (Å²) in [6, 6.07) is 18.6. The third-order valence-electron chi connectivity index (χ3n) is 6.52. The first kappa shape index (κ1) is 25.7. The number of aromatic nitrogens is 3. The molecule has 0 bridgehead atoms. The Morgan fingerprint density at radius 3 is 2.39 bits per heavy atom. The highest BCUT2D eigenvalue weighted by molar-refractivity contribution is 7.92. The molecule has 0 amide bonds. The van der Waals surface area contributed by atoms with E-state index < -0.39 is 10.0 Å². The first-order chi connectivity index (χ1) is 18.2. The zero-order valence-corrected chi connectivity index (χ0v) is 23.0. The maximum Gasteiger partial charge on any atom is 0.229 e. The van der Waals surface area contributed by atoms with Gasteiger partial charge in [0, 0.05) is 35.5 Å². The molecular formula is C27H28N6O3S2. The van der Waals surface area contributed by atoms with Crippen LogP contribution in [0.3, 0.4) is 0 Å². The van der Waals surface area contributed by atoms with Gasteiger partial charge in [-0.25, -0.2) is 13.4 Å². The van der Waals surface area contributed by atoms with Crippen molar-refractivity contribution in [2.24, 2.45) is 0 Å². The second kappa shape index (κ2) is 10.1. The quantitative estimate of drug-likeness (QED) is 0.327. The number of hydrogen-bond acceptors (Lipinski definition) is 6. The van der Waals surface area contributed by atoms with Crippen molar-refractivity contribution in [2.75, 3.05) is 23.0 Å². The lowest BCUT2D eigenvalue weighted by molar-refractivity contribution is 0.417. The van der Waals surface area contributed by atoms with Crippen LogP contribution in [0.1, 0.15) is 34.7 Å². The topological polar surface area (TPSA) is 101 Å². The standard InChI is InChI=1S/C27H28N6O3S2/c1-17-15-20(18(2)32(17)24-10-6-8-14-29-24)26-25(22-9-5-7-13-28-22)30-27(37)33(26)19-11-12-21(23(16-19)36-3)31-38(4,34)35/h5-16,25-26,31H,1-4H3,(H,30,37)/t25-,26-/m0/s1. The summed E-state index contributed by atoms with van der Waals surface area (Å²) in [6.07, 6.45) is 4.65. The van der Waals surface area contributed by atoms with Crippen molar-refractivity contribution >= 4 is 38.7 Å². The van der Waals surface area contributed by atoms with E-state index in [2.05, 4.69) is 44.5 Å². The smallest absolute Gasteiger partial charge is 0.229 e. The minimum Gasteiger partial charge on any atom is -0.494 e. The van der Waals surface area contributed by atoms with E-state index in [0.717, 1.165) is 40.4 Å². The van der Waals surface area contributed by atoms with Gasteiger partial charge in [0.05, 0.1) is 36.8 Å². The molecule has 4 heterocycles. The molecule has 1 aliphatic heterocycles. The number of rotatable bonds is 7. The number of aryl methyl sites for hydroxylation is 1. The fourth-order valence-corrected chi connectivity index (χ4v) is 5.90. The number of hydrogen-bond donors (Lipinski definition) is 2. The first-order valence-electron chi connectivity index (χ1n) is 11.9. The number of sulfonamides is 1. The number of thiocarbonyl (C=S) groups is 1. The Hall–Kier alpha value is -3.96. The van der Waals surface area contributed by atoms with Gasteiger partial charge in [-0.15, -0.1) is 0 Å². The van der Waals surface area contributed by atoms with E-state index in [1.165, 1.54) is 7.11 Å². The summed E-state index contributed by atoms with van der Waals surface area (Å²) in [6.45, 7) is 4.13. The summed E-state index contributed by atoms with van der Waals surface area (Å²) in [5.74, 6) is 1.22. The van der Waals surface area contributed by atoms with E-state index >= 15 is 0 Å². The molecule has 1 aliphatic rings. The van der Waals surface area contributed by atoms with Gasteiger partial charge in [-0.1, -0.05) is 12.1 Å². The molecule has 0 unspecified atom stereocenters. The number of nitrogens with one attached hydrogen (secondary N) is 2. The molecule has 2 atom stereocenters. The third-order valence-corrected chi connectivity index (χ3v) is 7.43. The fourth-order valence-electron chi connectivity index (χ4n) is 4.99. The van der Waals surface area contributed by atoms with Crippen LogP contribution >= 0.6 is 12.2 Å². The van der Waals surface area contributed by atoms with Gasteiger partial charge in [-0.05, 0) is 74.1 Å². The van der Waals surface area contributed by atoms with Crippen LogP contribution < -0.4 is 19.7 Å². The van der Waals surface area contributed by atoms with Crippen LogP contribution in [-0.4, -0.2) is 41.4 Å². The summed E-state index contributed by atoms with van der Waals surface area (Å²) in [7, 11) is -1.98. The maximum atomic E-state index is 11.9. The molecule has 5 rings (SSSR count). The number of ether oxygens (including phenoxy) is 1. The summed E-state index contributed by atoms with van der Waals surface area (Å²) in [4.78, 5) is 11.2. The molecule has 0 aliphatic carbocycles. The average Bonchev–Trinajstić information content (AvgIpc) is 3.39. The lowest BCUT2D eigenvalue weighted by Gasteiger charge is -2.28. The minimum atomic E-state index is -3.48. The molecule has 1 fully saturated rings. The Kier molecular flexibility index (Phi) is 6.80. The lowest BCUT2D eigenvalue weighted by atomic mass is 9.96. The van der Waals surface area contributed by atoms with Crippen molar-refractivity contribution in [1.82, 2.24) is 19.9 Å². The summed E-state index contributed by atoms with van der Waals surface area (Å²) >= 11 is 5.87. The molecule has 2 N–H and O–H groups in total. The zero-order valence-electron chi connectivity index (χ0n) is 21.4. The molecule has 0 radical (unpaired) electrons. The molecule has 3 aromatic heterocycles. The Balaban J connectivity index is 1.66. The molecule has 4 aromatic rings. The summed E-state index contributed by atoms with van der Waals surface area (Å²) in [5, 5.41) is 4.00. The third kappa shape index (κ3) is 4.82. The van der Waals surface area contributed by atoms with Crippen LogP contribution in [0, 0.1) is 13.8 Å². The molecule has 1 saturated heterocycles. The number of anilines is 2. The Labute approximate surface area is 227 Å². The van der Waals surface area contributed by atoms with E-state index in [1.54, 1.807) is 24.5 Å². The predicted molar refractivity (Wildman–Crippen MR) is 152 cm³/mol. The van der Waals surface area contributed by atoms with E-state index in [4.69, 9.17) is 17.0 Å². The number of methoxy groups -OCH3 is 1. The van der Waals surface area contributed by atoms with Crippen LogP contribution in [0.4, 0.5) is 11.4 Å². The SMILES string of the molecule is COc1cc(N2C(=S)N[C@@H](c3ccccn3)[C@@H]2c2cc(C)n(-c3ccccn3)c2C)ccc1NS(C)(=O)=O. The van der Waals surface area contributed by atoms with Crippen molar-refractivity contribution < 1.29 is 13.2 Å². The Morgan fingerprint density at radius 1 is 1.03 bits per heavy atom. The van der Waals surface area contributed by atoms with Crippen molar-refractivity contribution in [3.63, 3.8) is 0 Å². The molecule has 196 valence electrons. The predicted octanol–water partition coefficient (Wildman–Crippen LogP) is 4.44. The highest BCUT2D eigenvalue weighted by atomic mass is 32.2. The minimum absolute atomic E-state index is 0.235. The van der Waals surface area contributed by atoms with Gasteiger partial charge in [-0.3, -0.25) is 9.71 Å². The van der Waals surface area contributed by atoms with E-state index in [9.17, 15) is 8.42 Å². The van der Waals surface area contributed by atoms with Crippen LogP contribution in [0.25, 0.3) is 5.82 Å². The van der Waals surface area contributed by atoms with Gasteiger partial charge in [-0.2, -0.15) is 0 Å². The maximum absolute atomic E-state index is 11.9. The van der Waals surface area contributed by atoms with Gasteiger partial charge < -0.3 is 19.5 Å². The average molecular weight is 549 g/mol. The molecule has 0 spiro atoms. The van der Waals surface area contributed by atoms with E-state index in [0.29, 0.717) is 16.5 Å². The largest absolute Gasteiger partial charge is 0.494 e. The highest BCUT2D eigenvalue weighted by Gasteiger charge is 2.42. The monoisotopic (exact) mass is 548 g/mol.